The molecule has 1 aromatic carbocycles. The molecule has 0 bridgehead atoms. The lowest BCUT2D eigenvalue weighted by atomic mass is 9.94. The van der Waals surface area contributed by atoms with Crippen molar-refractivity contribution in [3.05, 3.63) is 23.8 Å². The largest absolute Gasteiger partial charge is 0.490 e. The fraction of sp³-hybridized carbons (Fsp3) is 0.591. The Hall–Kier alpha value is -2.81. The van der Waals surface area contributed by atoms with Crippen LogP contribution < -0.4 is 20.7 Å². The van der Waals surface area contributed by atoms with E-state index in [1.165, 1.54) is 0 Å². The molecule has 2 aliphatic heterocycles. The Morgan fingerprint density at radius 2 is 2.03 bits per heavy atom. The lowest BCUT2D eigenvalue weighted by Gasteiger charge is -2.42. The molecule has 0 spiro atoms. The summed E-state index contributed by atoms with van der Waals surface area (Å²) in [5, 5.41) is 8.30. The summed E-state index contributed by atoms with van der Waals surface area (Å²) in [4.78, 5) is 38.8. The van der Waals surface area contributed by atoms with Crippen molar-refractivity contribution in [2.24, 2.45) is 0 Å². The number of ether oxygens (including phenoxy) is 2. The molecule has 2 heterocycles. The number of hydrogen-bond acceptors (Lipinski definition) is 5. The SMILES string of the molecule is CCNC(=O)C[C@H]1CC[C@@H]2[C@@H](COc3ccc(NC(=O)NC(C)C)cc3C(=O)N2C)O1. The lowest BCUT2D eigenvalue weighted by molar-refractivity contribution is -0.133. The van der Waals surface area contributed by atoms with Gasteiger partial charge in [0.25, 0.3) is 5.91 Å². The summed E-state index contributed by atoms with van der Waals surface area (Å²) >= 11 is 0. The molecule has 0 unspecified atom stereocenters. The predicted molar refractivity (Wildman–Crippen MR) is 116 cm³/mol. The highest BCUT2D eigenvalue weighted by atomic mass is 16.5. The van der Waals surface area contributed by atoms with Crippen LogP contribution in [0.2, 0.25) is 0 Å². The summed E-state index contributed by atoms with van der Waals surface area (Å²) in [7, 11) is 1.76. The van der Waals surface area contributed by atoms with Crippen LogP contribution in [0, 0.1) is 0 Å². The number of carbonyl (C=O) groups excluding carboxylic acids is 3. The van der Waals surface area contributed by atoms with Gasteiger partial charge in [-0.15, -0.1) is 0 Å². The number of nitrogens with one attached hydrogen (secondary N) is 3. The number of anilines is 1. The number of benzene rings is 1. The van der Waals surface area contributed by atoms with Crippen LogP contribution in [0.3, 0.4) is 0 Å². The van der Waals surface area contributed by atoms with Crippen molar-refractivity contribution in [1.82, 2.24) is 15.5 Å². The fourth-order valence-electron chi connectivity index (χ4n) is 4.01. The second-order valence-corrected chi connectivity index (χ2v) is 8.29. The second kappa shape index (κ2) is 10.00. The van der Waals surface area contributed by atoms with E-state index in [4.69, 9.17) is 9.47 Å². The van der Waals surface area contributed by atoms with Crippen LogP contribution in [0.25, 0.3) is 0 Å². The number of nitrogens with zero attached hydrogens (tertiary/aromatic N) is 1. The van der Waals surface area contributed by atoms with Gasteiger partial charge in [0.05, 0.1) is 24.1 Å². The number of rotatable bonds is 5. The number of urea groups is 1. The van der Waals surface area contributed by atoms with E-state index in [0.717, 1.165) is 6.42 Å². The number of likely N-dealkylation sites (N-methyl/N-ethyl adjacent to an activating group) is 1. The molecule has 2 aliphatic rings. The molecule has 3 rings (SSSR count). The summed E-state index contributed by atoms with van der Waals surface area (Å²) in [5.74, 6) is 0.219. The number of amides is 4. The van der Waals surface area contributed by atoms with Crippen LogP contribution in [-0.4, -0.2) is 67.2 Å². The maximum Gasteiger partial charge on any atom is 0.319 e. The average Bonchev–Trinajstić information content (AvgIpc) is 2.70. The zero-order valence-electron chi connectivity index (χ0n) is 18.6. The van der Waals surface area contributed by atoms with Crippen molar-refractivity contribution < 1.29 is 23.9 Å². The van der Waals surface area contributed by atoms with Crippen LogP contribution in [0.5, 0.6) is 5.75 Å². The quantitative estimate of drug-likeness (QED) is 0.660. The van der Waals surface area contributed by atoms with Gasteiger partial charge in [-0.1, -0.05) is 0 Å². The highest BCUT2D eigenvalue weighted by Gasteiger charge is 2.39. The molecule has 0 radical (unpaired) electrons. The molecule has 0 aromatic heterocycles. The van der Waals surface area contributed by atoms with Gasteiger partial charge in [0.2, 0.25) is 5.91 Å². The molecular weight excluding hydrogens is 400 g/mol. The van der Waals surface area contributed by atoms with Crippen molar-refractivity contribution >= 4 is 23.5 Å². The fourth-order valence-corrected chi connectivity index (χ4v) is 4.01. The molecule has 1 fully saturated rings. The third kappa shape index (κ3) is 5.66. The summed E-state index contributed by atoms with van der Waals surface area (Å²) < 4.78 is 12.1. The normalized spacial score (nSPS) is 23.1. The maximum absolute atomic E-state index is 13.2. The standard InChI is InChI=1S/C22H32N4O5/c1-5-23-20(27)11-15-7-8-17-19(31-15)12-30-18-9-6-14(25-22(29)24-13(2)3)10-16(18)21(28)26(17)4/h6,9-10,13,15,17,19H,5,7-8,11-12H2,1-4H3,(H,23,27)(H2,24,25,29)/t15-,17-,19-/m1/s1. The van der Waals surface area contributed by atoms with E-state index in [2.05, 4.69) is 16.0 Å². The Morgan fingerprint density at radius 1 is 1.26 bits per heavy atom. The van der Waals surface area contributed by atoms with Crippen LogP contribution in [0.4, 0.5) is 10.5 Å². The van der Waals surface area contributed by atoms with Crippen LogP contribution in [0.15, 0.2) is 18.2 Å². The molecule has 31 heavy (non-hydrogen) atoms. The third-order valence-electron chi connectivity index (χ3n) is 5.48. The van der Waals surface area contributed by atoms with Crippen LogP contribution in [0.1, 0.15) is 50.4 Å². The highest BCUT2D eigenvalue weighted by molar-refractivity contribution is 5.99. The number of carbonyl (C=O) groups is 3. The zero-order chi connectivity index (χ0) is 22.5. The molecule has 0 aliphatic carbocycles. The van der Waals surface area contributed by atoms with Crippen molar-refractivity contribution in [3.63, 3.8) is 0 Å². The number of hydrogen-bond donors (Lipinski definition) is 3. The summed E-state index contributed by atoms with van der Waals surface area (Å²) in [6.45, 7) is 6.49. The van der Waals surface area contributed by atoms with Crippen molar-refractivity contribution in [2.75, 3.05) is 25.5 Å². The Morgan fingerprint density at radius 3 is 2.74 bits per heavy atom. The van der Waals surface area contributed by atoms with Gasteiger partial charge >= 0.3 is 6.03 Å². The van der Waals surface area contributed by atoms with Gasteiger partial charge in [-0.05, 0) is 51.8 Å². The van der Waals surface area contributed by atoms with Gasteiger partial charge < -0.3 is 30.3 Å². The smallest absolute Gasteiger partial charge is 0.319 e. The molecule has 9 heteroatoms. The van der Waals surface area contributed by atoms with E-state index >= 15 is 0 Å². The number of fused-ring (bicyclic) bond motifs is 2. The molecular formula is C22H32N4O5. The third-order valence-corrected chi connectivity index (χ3v) is 5.48. The topological polar surface area (TPSA) is 109 Å². The van der Waals surface area contributed by atoms with E-state index in [1.54, 1.807) is 30.1 Å². The Labute approximate surface area is 182 Å². The second-order valence-electron chi connectivity index (χ2n) is 8.29. The van der Waals surface area contributed by atoms with Gasteiger partial charge in [0.15, 0.2) is 0 Å². The highest BCUT2D eigenvalue weighted by Crippen LogP contribution is 2.32. The first-order chi connectivity index (χ1) is 14.8. The Kier molecular flexibility index (Phi) is 7.37. The molecule has 4 amide bonds. The van der Waals surface area contributed by atoms with Gasteiger partial charge in [0.1, 0.15) is 18.5 Å². The monoisotopic (exact) mass is 432 g/mol. The van der Waals surface area contributed by atoms with E-state index < -0.39 is 0 Å². The van der Waals surface area contributed by atoms with Gasteiger partial charge in [-0.25, -0.2) is 4.79 Å². The van der Waals surface area contributed by atoms with Gasteiger partial charge in [0, 0.05) is 25.3 Å². The minimum absolute atomic E-state index is 0.000506. The summed E-state index contributed by atoms with van der Waals surface area (Å²) in [5.41, 5.74) is 0.911. The molecule has 170 valence electrons. The van der Waals surface area contributed by atoms with Crippen LogP contribution >= 0.6 is 0 Å². The van der Waals surface area contributed by atoms with Crippen molar-refractivity contribution in [3.8, 4) is 5.75 Å². The van der Waals surface area contributed by atoms with E-state index in [0.29, 0.717) is 36.4 Å². The van der Waals surface area contributed by atoms with E-state index in [1.807, 2.05) is 20.8 Å². The molecule has 1 aromatic rings. The van der Waals surface area contributed by atoms with Crippen molar-refractivity contribution in [1.29, 1.82) is 0 Å². The van der Waals surface area contributed by atoms with E-state index in [-0.39, 0.29) is 48.7 Å². The van der Waals surface area contributed by atoms with Gasteiger partial charge in [-0.3, -0.25) is 9.59 Å². The molecule has 9 nitrogen and oxygen atoms in total. The average molecular weight is 433 g/mol. The Balaban J connectivity index is 1.73. The molecule has 3 N–H and O–H groups in total. The first-order valence-corrected chi connectivity index (χ1v) is 10.8. The minimum atomic E-state index is -0.332. The van der Waals surface area contributed by atoms with Crippen molar-refractivity contribution in [2.45, 2.75) is 64.3 Å². The first-order valence-electron chi connectivity index (χ1n) is 10.8. The predicted octanol–water partition coefficient (Wildman–Crippen LogP) is 2.12. The maximum atomic E-state index is 13.2. The minimum Gasteiger partial charge on any atom is -0.490 e. The first kappa shape index (κ1) is 22.9. The molecule has 3 atom stereocenters. The molecule has 0 saturated carbocycles. The molecule has 1 saturated heterocycles. The van der Waals surface area contributed by atoms with Gasteiger partial charge in [-0.2, -0.15) is 0 Å². The lowest BCUT2D eigenvalue weighted by Crippen LogP contribution is -2.54. The van der Waals surface area contributed by atoms with Crippen LogP contribution in [-0.2, 0) is 9.53 Å². The Bertz CT molecular complexity index is 828. The zero-order valence-corrected chi connectivity index (χ0v) is 18.6. The summed E-state index contributed by atoms with van der Waals surface area (Å²) in [6, 6.07) is 4.54. The van der Waals surface area contributed by atoms with E-state index in [9.17, 15) is 14.4 Å². The summed E-state index contributed by atoms with van der Waals surface area (Å²) in [6.07, 6.45) is 1.22.